The minimum absolute atomic E-state index is 0.318. The van der Waals surface area contributed by atoms with Gasteiger partial charge < -0.3 is 9.67 Å². The van der Waals surface area contributed by atoms with E-state index in [1.165, 1.54) is 4.80 Å². The number of aryl methyl sites for hydroxylation is 2. The second-order valence-electron chi connectivity index (χ2n) is 3.31. The maximum Gasteiger partial charge on any atom is 0.177 e. The lowest BCUT2D eigenvalue weighted by Gasteiger charge is -2.07. The molecule has 7 nitrogen and oxygen atoms in total. The van der Waals surface area contributed by atoms with Crippen molar-refractivity contribution in [1.29, 1.82) is 0 Å². The highest BCUT2D eigenvalue weighted by Gasteiger charge is 2.15. The van der Waals surface area contributed by atoms with E-state index in [9.17, 15) is 5.11 Å². The van der Waals surface area contributed by atoms with Crippen LogP contribution in [-0.2, 0) is 20.5 Å². The zero-order valence-corrected chi connectivity index (χ0v) is 8.57. The summed E-state index contributed by atoms with van der Waals surface area (Å²) in [5, 5.41) is 21.3. The molecular weight excluding hydrogens is 196 g/mol. The molecule has 0 aliphatic carbocycles. The van der Waals surface area contributed by atoms with Crippen LogP contribution >= 0.6 is 0 Å². The Morgan fingerprint density at radius 3 is 2.80 bits per heavy atom. The van der Waals surface area contributed by atoms with Gasteiger partial charge in [-0.3, -0.25) is 0 Å². The Morgan fingerprint density at radius 1 is 1.47 bits per heavy atom. The van der Waals surface area contributed by atoms with Gasteiger partial charge in [-0.2, -0.15) is 4.80 Å². The summed E-state index contributed by atoms with van der Waals surface area (Å²) in [5.41, 5.74) is 0. The summed E-state index contributed by atoms with van der Waals surface area (Å²) in [6.45, 7) is 0. The standard InChI is InChI=1S/C8H12N6O/c1-13-4-3-9-8(13)6(15)5-7-10-12-14(2)11-7/h3-4,6,15H,5H2,1-2H3. The number of rotatable bonds is 3. The van der Waals surface area contributed by atoms with Crippen LogP contribution in [0, 0.1) is 0 Å². The molecule has 0 amide bonds. The van der Waals surface area contributed by atoms with Crippen molar-refractivity contribution in [2.75, 3.05) is 0 Å². The quantitative estimate of drug-likeness (QED) is 0.715. The average molecular weight is 208 g/mol. The van der Waals surface area contributed by atoms with Gasteiger partial charge in [-0.25, -0.2) is 4.98 Å². The molecule has 0 radical (unpaired) electrons. The first kappa shape index (κ1) is 9.78. The van der Waals surface area contributed by atoms with Gasteiger partial charge in [-0.1, -0.05) is 0 Å². The molecule has 1 N–H and O–H groups in total. The van der Waals surface area contributed by atoms with Gasteiger partial charge in [-0.05, 0) is 5.21 Å². The Morgan fingerprint density at radius 2 is 2.27 bits per heavy atom. The van der Waals surface area contributed by atoms with E-state index in [0.29, 0.717) is 18.1 Å². The molecule has 0 bridgehead atoms. The number of aromatic nitrogens is 6. The largest absolute Gasteiger partial charge is 0.385 e. The van der Waals surface area contributed by atoms with Crippen LogP contribution in [-0.4, -0.2) is 34.9 Å². The summed E-state index contributed by atoms with van der Waals surface area (Å²) < 4.78 is 1.76. The maximum absolute atomic E-state index is 9.85. The van der Waals surface area contributed by atoms with Crippen molar-refractivity contribution < 1.29 is 5.11 Å². The normalized spacial score (nSPS) is 13.0. The lowest BCUT2D eigenvalue weighted by molar-refractivity contribution is 0.162. The molecule has 2 aromatic rings. The second-order valence-corrected chi connectivity index (χ2v) is 3.31. The maximum atomic E-state index is 9.85. The van der Waals surface area contributed by atoms with Crippen LogP contribution in [0.1, 0.15) is 17.8 Å². The predicted octanol–water partition coefficient (Wildman–Crippen LogP) is -0.780. The van der Waals surface area contributed by atoms with Gasteiger partial charge in [0.1, 0.15) is 11.9 Å². The third-order valence-electron chi connectivity index (χ3n) is 2.08. The van der Waals surface area contributed by atoms with Crippen molar-refractivity contribution in [1.82, 2.24) is 29.8 Å². The SMILES string of the molecule is Cn1nnc(CC(O)c2nccn2C)n1. The van der Waals surface area contributed by atoms with Crippen LogP contribution in [0.2, 0.25) is 0 Å². The topological polar surface area (TPSA) is 81.6 Å². The fourth-order valence-electron chi connectivity index (χ4n) is 1.37. The Bertz CT molecular complexity index is 447. The molecule has 0 aliphatic rings. The first-order chi connectivity index (χ1) is 7.16. The van der Waals surface area contributed by atoms with Gasteiger partial charge in [0.05, 0.1) is 7.05 Å². The summed E-state index contributed by atoms with van der Waals surface area (Å²) in [6, 6.07) is 0. The minimum Gasteiger partial charge on any atom is -0.385 e. The Labute approximate surface area is 86.4 Å². The van der Waals surface area contributed by atoms with Gasteiger partial charge in [0.2, 0.25) is 0 Å². The highest BCUT2D eigenvalue weighted by atomic mass is 16.3. The van der Waals surface area contributed by atoms with Crippen LogP contribution in [0.15, 0.2) is 12.4 Å². The monoisotopic (exact) mass is 208 g/mol. The molecule has 1 atom stereocenters. The van der Waals surface area contributed by atoms with Crippen LogP contribution in [0.4, 0.5) is 0 Å². The highest BCUT2D eigenvalue weighted by Crippen LogP contribution is 2.12. The average Bonchev–Trinajstić information content (AvgIpc) is 2.75. The molecule has 2 heterocycles. The van der Waals surface area contributed by atoms with Crippen LogP contribution < -0.4 is 0 Å². The first-order valence-electron chi connectivity index (χ1n) is 4.55. The smallest absolute Gasteiger partial charge is 0.177 e. The van der Waals surface area contributed by atoms with E-state index in [1.54, 1.807) is 24.0 Å². The summed E-state index contributed by atoms with van der Waals surface area (Å²) in [6.07, 6.45) is 3.04. The fourth-order valence-corrected chi connectivity index (χ4v) is 1.37. The van der Waals surface area contributed by atoms with Gasteiger partial charge in [0.25, 0.3) is 0 Å². The molecule has 80 valence electrons. The summed E-state index contributed by atoms with van der Waals surface area (Å²) in [4.78, 5) is 5.41. The molecule has 1 unspecified atom stereocenters. The van der Waals surface area contributed by atoms with E-state index in [-0.39, 0.29) is 0 Å². The third kappa shape index (κ3) is 2.01. The van der Waals surface area contributed by atoms with Crippen LogP contribution in [0.25, 0.3) is 0 Å². The molecule has 0 fully saturated rings. The fraction of sp³-hybridized carbons (Fsp3) is 0.500. The van der Waals surface area contributed by atoms with E-state index >= 15 is 0 Å². The summed E-state index contributed by atoms with van der Waals surface area (Å²) in [5.74, 6) is 1.11. The molecular formula is C8H12N6O. The molecule has 15 heavy (non-hydrogen) atoms. The second kappa shape index (κ2) is 3.77. The van der Waals surface area contributed by atoms with E-state index in [4.69, 9.17) is 0 Å². The summed E-state index contributed by atoms with van der Waals surface area (Å²) >= 11 is 0. The Hall–Kier alpha value is -1.76. The highest BCUT2D eigenvalue weighted by molar-refractivity contribution is 4.98. The van der Waals surface area contributed by atoms with E-state index in [2.05, 4.69) is 20.4 Å². The first-order valence-corrected chi connectivity index (χ1v) is 4.55. The predicted molar refractivity (Wildman–Crippen MR) is 50.7 cm³/mol. The van der Waals surface area contributed by atoms with Crippen LogP contribution in [0.3, 0.4) is 0 Å². The summed E-state index contributed by atoms with van der Waals surface area (Å²) in [7, 11) is 3.51. The Kier molecular flexibility index (Phi) is 2.46. The van der Waals surface area contributed by atoms with E-state index in [1.807, 2.05) is 7.05 Å². The number of nitrogens with zero attached hydrogens (tertiary/aromatic N) is 6. The number of aliphatic hydroxyl groups excluding tert-OH is 1. The zero-order chi connectivity index (χ0) is 10.8. The van der Waals surface area contributed by atoms with Crippen molar-refractivity contribution in [3.05, 3.63) is 24.0 Å². The van der Waals surface area contributed by atoms with Crippen molar-refractivity contribution in [3.63, 3.8) is 0 Å². The van der Waals surface area contributed by atoms with Gasteiger partial charge in [-0.15, -0.1) is 10.2 Å². The molecule has 0 spiro atoms. The number of imidazole rings is 1. The van der Waals surface area contributed by atoms with Gasteiger partial charge in [0, 0.05) is 25.9 Å². The van der Waals surface area contributed by atoms with Crippen molar-refractivity contribution in [2.45, 2.75) is 12.5 Å². The lowest BCUT2D eigenvalue weighted by atomic mass is 10.2. The minimum atomic E-state index is -0.700. The molecule has 2 rings (SSSR count). The van der Waals surface area contributed by atoms with Crippen molar-refractivity contribution in [2.24, 2.45) is 14.1 Å². The zero-order valence-electron chi connectivity index (χ0n) is 8.57. The number of hydrogen-bond acceptors (Lipinski definition) is 5. The van der Waals surface area contributed by atoms with Crippen molar-refractivity contribution in [3.8, 4) is 0 Å². The molecule has 0 saturated carbocycles. The Balaban J connectivity index is 2.10. The number of aliphatic hydroxyl groups is 1. The van der Waals surface area contributed by atoms with Gasteiger partial charge >= 0.3 is 0 Å². The molecule has 7 heteroatoms. The number of hydrogen-bond donors (Lipinski definition) is 1. The molecule has 0 saturated heterocycles. The molecule has 0 aliphatic heterocycles. The van der Waals surface area contributed by atoms with E-state index < -0.39 is 6.10 Å². The lowest BCUT2D eigenvalue weighted by Crippen LogP contribution is -2.09. The third-order valence-corrected chi connectivity index (χ3v) is 2.08. The molecule has 0 aromatic carbocycles. The van der Waals surface area contributed by atoms with E-state index in [0.717, 1.165) is 0 Å². The number of tetrazole rings is 1. The van der Waals surface area contributed by atoms with Gasteiger partial charge in [0.15, 0.2) is 5.82 Å². The van der Waals surface area contributed by atoms with Crippen molar-refractivity contribution >= 4 is 0 Å². The molecule has 2 aromatic heterocycles. The van der Waals surface area contributed by atoms with Crippen LogP contribution in [0.5, 0.6) is 0 Å².